The van der Waals surface area contributed by atoms with Crippen molar-refractivity contribution >= 4 is 5.91 Å². The molecule has 0 spiro atoms. The summed E-state index contributed by atoms with van der Waals surface area (Å²) >= 11 is 0. The minimum Gasteiger partial charge on any atom is -0.497 e. The summed E-state index contributed by atoms with van der Waals surface area (Å²) < 4.78 is 10.4. The van der Waals surface area contributed by atoms with Gasteiger partial charge in [-0.1, -0.05) is 47.6 Å². The highest BCUT2D eigenvalue weighted by atomic mass is 16.5. The molecular formula is C23H19N3O3. The minimum absolute atomic E-state index is 0.155. The molecule has 0 atom stereocenters. The third-order valence-electron chi connectivity index (χ3n) is 4.47. The van der Waals surface area contributed by atoms with Crippen molar-refractivity contribution in [2.75, 3.05) is 7.11 Å². The average molecular weight is 385 g/mol. The van der Waals surface area contributed by atoms with Crippen molar-refractivity contribution in [3.05, 3.63) is 90.3 Å². The maximum atomic E-state index is 12.4. The van der Waals surface area contributed by atoms with Gasteiger partial charge in [0.2, 0.25) is 11.7 Å². The Bertz CT molecular complexity index is 1090. The first-order valence-electron chi connectivity index (χ1n) is 9.13. The molecular weight excluding hydrogens is 366 g/mol. The van der Waals surface area contributed by atoms with E-state index in [1.54, 1.807) is 19.2 Å². The highest BCUT2D eigenvalue weighted by Crippen LogP contribution is 2.20. The zero-order chi connectivity index (χ0) is 20.1. The summed E-state index contributed by atoms with van der Waals surface area (Å²) in [6.45, 7) is 0.155. The molecule has 0 saturated heterocycles. The predicted octanol–water partition coefficient (Wildman–Crippen LogP) is 4.34. The van der Waals surface area contributed by atoms with Gasteiger partial charge in [0.25, 0.3) is 5.91 Å². The molecule has 0 unspecified atom stereocenters. The number of nitrogens with one attached hydrogen (secondary N) is 1. The van der Waals surface area contributed by atoms with E-state index < -0.39 is 0 Å². The van der Waals surface area contributed by atoms with E-state index in [0.29, 0.717) is 17.3 Å². The van der Waals surface area contributed by atoms with Crippen molar-refractivity contribution in [3.8, 4) is 28.3 Å². The van der Waals surface area contributed by atoms with Crippen molar-refractivity contribution in [2.24, 2.45) is 0 Å². The van der Waals surface area contributed by atoms with Crippen LogP contribution in [-0.4, -0.2) is 23.2 Å². The smallest absolute Gasteiger partial charge is 0.251 e. The van der Waals surface area contributed by atoms with Gasteiger partial charge < -0.3 is 14.6 Å². The monoisotopic (exact) mass is 385 g/mol. The molecule has 3 aromatic carbocycles. The van der Waals surface area contributed by atoms with E-state index in [-0.39, 0.29) is 12.5 Å². The Labute approximate surface area is 168 Å². The largest absolute Gasteiger partial charge is 0.497 e. The Morgan fingerprint density at radius 3 is 2.24 bits per heavy atom. The number of carbonyl (C=O) groups is 1. The average Bonchev–Trinajstić information content (AvgIpc) is 3.27. The number of methoxy groups -OCH3 is 1. The maximum Gasteiger partial charge on any atom is 0.251 e. The number of hydrogen-bond acceptors (Lipinski definition) is 5. The van der Waals surface area contributed by atoms with Crippen LogP contribution in [0.4, 0.5) is 0 Å². The van der Waals surface area contributed by atoms with Gasteiger partial charge in [0.15, 0.2) is 0 Å². The Kier molecular flexibility index (Phi) is 5.33. The van der Waals surface area contributed by atoms with Gasteiger partial charge in [-0.2, -0.15) is 4.98 Å². The van der Waals surface area contributed by atoms with Gasteiger partial charge in [0.1, 0.15) is 5.75 Å². The molecule has 6 nitrogen and oxygen atoms in total. The van der Waals surface area contributed by atoms with E-state index in [4.69, 9.17) is 9.26 Å². The first-order chi connectivity index (χ1) is 14.2. The van der Waals surface area contributed by atoms with Gasteiger partial charge in [0, 0.05) is 11.1 Å². The van der Waals surface area contributed by atoms with Crippen molar-refractivity contribution in [2.45, 2.75) is 6.54 Å². The number of nitrogens with zero attached hydrogens (tertiary/aromatic N) is 2. The predicted molar refractivity (Wildman–Crippen MR) is 109 cm³/mol. The zero-order valence-corrected chi connectivity index (χ0v) is 15.8. The fourth-order valence-electron chi connectivity index (χ4n) is 2.89. The van der Waals surface area contributed by atoms with Crippen molar-refractivity contribution in [1.29, 1.82) is 0 Å². The first-order valence-corrected chi connectivity index (χ1v) is 9.13. The van der Waals surface area contributed by atoms with Crippen LogP contribution < -0.4 is 10.1 Å². The fraction of sp³-hybridized carbons (Fsp3) is 0.0870. The van der Waals surface area contributed by atoms with E-state index in [1.165, 1.54) is 0 Å². The van der Waals surface area contributed by atoms with Gasteiger partial charge in [-0.3, -0.25) is 4.79 Å². The van der Waals surface area contributed by atoms with E-state index >= 15 is 0 Å². The molecule has 1 heterocycles. The third-order valence-corrected chi connectivity index (χ3v) is 4.47. The first kappa shape index (κ1) is 18.4. The summed E-state index contributed by atoms with van der Waals surface area (Å²) in [6.07, 6.45) is 0. The molecule has 1 aromatic heterocycles. The van der Waals surface area contributed by atoms with Crippen LogP contribution in [0.3, 0.4) is 0 Å². The van der Waals surface area contributed by atoms with Crippen LogP contribution in [0.2, 0.25) is 0 Å². The Balaban J connectivity index is 1.38. The number of rotatable bonds is 6. The highest BCUT2D eigenvalue weighted by Gasteiger charge is 2.11. The van der Waals surface area contributed by atoms with Crippen molar-refractivity contribution in [1.82, 2.24) is 15.5 Å². The molecule has 0 aliphatic carbocycles. The summed E-state index contributed by atoms with van der Waals surface area (Å²) in [6, 6.07) is 24.8. The molecule has 4 aromatic rings. The second-order valence-electron chi connectivity index (χ2n) is 6.37. The van der Waals surface area contributed by atoms with Crippen LogP contribution in [0, 0.1) is 0 Å². The summed E-state index contributed by atoms with van der Waals surface area (Å²) in [5, 5.41) is 6.76. The summed E-state index contributed by atoms with van der Waals surface area (Å²) in [5.41, 5.74) is 3.54. The third kappa shape index (κ3) is 4.32. The van der Waals surface area contributed by atoms with E-state index in [1.807, 2.05) is 66.7 Å². The summed E-state index contributed by atoms with van der Waals surface area (Å²) in [5.74, 6) is 1.35. The van der Waals surface area contributed by atoms with Gasteiger partial charge in [-0.15, -0.1) is 0 Å². The molecule has 0 fully saturated rings. The molecule has 0 bridgehead atoms. The molecule has 0 aliphatic heterocycles. The van der Waals surface area contributed by atoms with Crippen LogP contribution in [0.5, 0.6) is 5.75 Å². The van der Waals surface area contributed by atoms with Crippen molar-refractivity contribution < 1.29 is 14.1 Å². The number of hydrogen-bond donors (Lipinski definition) is 1. The maximum absolute atomic E-state index is 12.4. The molecule has 0 saturated carbocycles. The number of aromatic nitrogens is 2. The second-order valence-corrected chi connectivity index (χ2v) is 6.37. The van der Waals surface area contributed by atoms with Crippen LogP contribution in [0.25, 0.3) is 22.5 Å². The van der Waals surface area contributed by atoms with E-state index in [2.05, 4.69) is 15.5 Å². The summed E-state index contributed by atoms with van der Waals surface area (Å²) in [7, 11) is 1.61. The molecule has 6 heteroatoms. The van der Waals surface area contributed by atoms with Crippen LogP contribution in [-0.2, 0) is 6.54 Å². The van der Waals surface area contributed by atoms with Crippen molar-refractivity contribution in [3.63, 3.8) is 0 Å². The Hall–Kier alpha value is -3.93. The van der Waals surface area contributed by atoms with Crippen LogP contribution in [0.15, 0.2) is 83.4 Å². The lowest BCUT2D eigenvalue weighted by Crippen LogP contribution is -2.22. The lowest BCUT2D eigenvalue weighted by molar-refractivity contribution is 0.0946. The number of ether oxygens (including phenoxy) is 1. The molecule has 1 N–H and O–H groups in total. The summed E-state index contributed by atoms with van der Waals surface area (Å²) in [4.78, 5) is 16.7. The van der Waals surface area contributed by atoms with Gasteiger partial charge in [0.05, 0.1) is 13.7 Å². The lowest BCUT2D eigenvalue weighted by atomic mass is 10.0. The van der Waals surface area contributed by atoms with Crippen LogP contribution >= 0.6 is 0 Å². The fourth-order valence-corrected chi connectivity index (χ4v) is 2.89. The molecule has 29 heavy (non-hydrogen) atoms. The molecule has 0 aliphatic rings. The molecule has 4 rings (SSSR count). The number of amides is 1. The van der Waals surface area contributed by atoms with Crippen LogP contribution in [0.1, 0.15) is 16.2 Å². The highest BCUT2D eigenvalue weighted by molar-refractivity contribution is 5.94. The number of benzene rings is 3. The Morgan fingerprint density at radius 2 is 1.55 bits per heavy atom. The normalized spacial score (nSPS) is 10.5. The van der Waals surface area contributed by atoms with Gasteiger partial charge >= 0.3 is 0 Å². The van der Waals surface area contributed by atoms with Gasteiger partial charge in [-0.05, 0) is 47.5 Å². The second kappa shape index (κ2) is 8.39. The Morgan fingerprint density at radius 1 is 0.897 bits per heavy atom. The molecule has 0 radical (unpaired) electrons. The molecule has 1 amide bonds. The van der Waals surface area contributed by atoms with E-state index in [9.17, 15) is 4.79 Å². The topological polar surface area (TPSA) is 77.3 Å². The lowest BCUT2D eigenvalue weighted by Gasteiger charge is -2.05. The van der Waals surface area contributed by atoms with E-state index in [0.717, 1.165) is 22.4 Å². The van der Waals surface area contributed by atoms with Gasteiger partial charge in [-0.25, -0.2) is 0 Å². The SMILES string of the molecule is COc1ccc(-c2noc(CNC(=O)c3ccc(-c4ccccc4)cc3)n2)cc1. The number of carbonyl (C=O) groups excluding carboxylic acids is 1. The molecule has 144 valence electrons. The standard InChI is InChI=1S/C23H19N3O3/c1-28-20-13-11-18(12-14-20)22-25-21(29-26-22)15-24-23(27)19-9-7-17(8-10-19)16-5-3-2-4-6-16/h2-14H,15H2,1H3,(H,24,27). The minimum atomic E-state index is -0.200. The zero-order valence-electron chi connectivity index (χ0n) is 15.8. The quantitative estimate of drug-likeness (QED) is 0.534.